The Bertz CT molecular complexity index is 511. The molecule has 0 aromatic heterocycles. The van der Waals surface area contributed by atoms with Crippen molar-refractivity contribution in [3.63, 3.8) is 0 Å². The van der Waals surface area contributed by atoms with E-state index in [0.717, 1.165) is 0 Å². The maximum atomic E-state index is 12.6. The number of hydrogen-bond acceptors (Lipinski definition) is 5. The van der Waals surface area contributed by atoms with Gasteiger partial charge >= 0.3 is 18.2 Å². The maximum absolute atomic E-state index is 12.6. The average Bonchev–Trinajstić information content (AvgIpc) is 2.28. The molecule has 0 radical (unpaired) electrons. The summed E-state index contributed by atoms with van der Waals surface area (Å²) in [7, 11) is 0. The number of aliphatic carboxylic acids is 1. The lowest BCUT2D eigenvalue weighted by Crippen LogP contribution is -2.54. The SMILES string of the molecule is CC(C)(C)OC(=O)NC(CC(=O)O)CN(C(=O)OC(C)(C)C)C(C)(C)C. The van der Waals surface area contributed by atoms with Crippen LogP contribution in [0.3, 0.4) is 0 Å². The summed E-state index contributed by atoms with van der Waals surface area (Å²) in [5.41, 5.74) is -2.04. The van der Waals surface area contributed by atoms with Crippen LogP contribution in [0.4, 0.5) is 9.59 Å². The van der Waals surface area contributed by atoms with Crippen molar-refractivity contribution in [1.82, 2.24) is 10.2 Å². The molecule has 0 aliphatic carbocycles. The monoisotopic (exact) mass is 374 g/mol. The normalized spacial score (nSPS) is 13.6. The summed E-state index contributed by atoms with van der Waals surface area (Å²) in [6, 6.07) is -0.825. The van der Waals surface area contributed by atoms with E-state index in [1.165, 1.54) is 4.90 Å². The van der Waals surface area contributed by atoms with Crippen molar-refractivity contribution in [3.05, 3.63) is 0 Å². The molecule has 0 aromatic rings. The van der Waals surface area contributed by atoms with Gasteiger partial charge in [0, 0.05) is 12.1 Å². The first-order valence-electron chi connectivity index (χ1n) is 8.62. The number of carbonyl (C=O) groups excluding carboxylic acids is 2. The highest BCUT2D eigenvalue weighted by atomic mass is 16.6. The second-order valence-electron chi connectivity index (χ2n) is 9.20. The van der Waals surface area contributed by atoms with Crippen LogP contribution in [0.15, 0.2) is 0 Å². The van der Waals surface area contributed by atoms with E-state index in [1.54, 1.807) is 41.5 Å². The van der Waals surface area contributed by atoms with Crippen LogP contribution in [0, 0.1) is 0 Å². The third kappa shape index (κ3) is 10.8. The predicted molar refractivity (Wildman–Crippen MR) is 98.1 cm³/mol. The highest BCUT2D eigenvalue weighted by molar-refractivity contribution is 5.73. The summed E-state index contributed by atoms with van der Waals surface area (Å²) in [4.78, 5) is 37.2. The van der Waals surface area contributed by atoms with E-state index >= 15 is 0 Å². The van der Waals surface area contributed by atoms with E-state index in [2.05, 4.69) is 5.32 Å². The lowest BCUT2D eigenvalue weighted by molar-refractivity contribution is -0.137. The molecule has 8 nitrogen and oxygen atoms in total. The summed E-state index contributed by atoms with van der Waals surface area (Å²) < 4.78 is 10.6. The molecule has 0 heterocycles. The number of rotatable bonds is 5. The maximum Gasteiger partial charge on any atom is 0.410 e. The first kappa shape index (κ1) is 24.0. The summed E-state index contributed by atoms with van der Waals surface area (Å²) in [5.74, 6) is -1.09. The number of carboxylic acid groups (broad SMARTS) is 1. The standard InChI is InChI=1S/C18H34N2O6/c1-16(2,3)20(15(24)26-18(7,8)9)11-12(10-13(21)22)19-14(23)25-17(4,5)6/h12H,10-11H2,1-9H3,(H,19,23)(H,21,22). The molecule has 152 valence electrons. The Morgan fingerprint density at radius 3 is 1.73 bits per heavy atom. The highest BCUT2D eigenvalue weighted by Crippen LogP contribution is 2.19. The minimum Gasteiger partial charge on any atom is -0.481 e. The average molecular weight is 374 g/mol. The molecule has 2 N–H and O–H groups in total. The lowest BCUT2D eigenvalue weighted by atomic mass is 10.0. The molecule has 0 saturated carbocycles. The van der Waals surface area contributed by atoms with E-state index in [1.807, 2.05) is 20.8 Å². The van der Waals surface area contributed by atoms with Crippen LogP contribution >= 0.6 is 0 Å². The van der Waals surface area contributed by atoms with E-state index < -0.39 is 40.9 Å². The fourth-order valence-corrected chi connectivity index (χ4v) is 2.01. The second-order valence-corrected chi connectivity index (χ2v) is 9.20. The van der Waals surface area contributed by atoms with E-state index in [-0.39, 0.29) is 13.0 Å². The van der Waals surface area contributed by atoms with Crippen molar-refractivity contribution in [2.45, 2.75) is 91.5 Å². The number of amides is 2. The van der Waals surface area contributed by atoms with Crippen molar-refractivity contribution >= 4 is 18.2 Å². The number of nitrogens with one attached hydrogen (secondary N) is 1. The first-order chi connectivity index (χ1) is 11.4. The molecule has 0 rings (SSSR count). The van der Waals surface area contributed by atoms with Crippen LogP contribution in [0.25, 0.3) is 0 Å². The quantitative estimate of drug-likeness (QED) is 0.764. The van der Waals surface area contributed by atoms with Crippen molar-refractivity contribution in [3.8, 4) is 0 Å². The molecule has 26 heavy (non-hydrogen) atoms. The minimum absolute atomic E-state index is 0.0239. The zero-order valence-corrected chi connectivity index (χ0v) is 17.4. The Kier molecular flexibility index (Phi) is 7.94. The number of alkyl carbamates (subject to hydrolysis) is 1. The molecular weight excluding hydrogens is 340 g/mol. The number of carbonyl (C=O) groups is 3. The van der Waals surface area contributed by atoms with Gasteiger partial charge in [0.2, 0.25) is 0 Å². The highest BCUT2D eigenvalue weighted by Gasteiger charge is 2.34. The summed E-state index contributed by atoms with van der Waals surface area (Å²) in [6.07, 6.45) is -1.66. The molecule has 0 aliphatic rings. The third-order valence-electron chi connectivity index (χ3n) is 2.97. The molecule has 0 bridgehead atoms. The minimum atomic E-state index is -1.09. The van der Waals surface area contributed by atoms with Gasteiger partial charge in [-0.2, -0.15) is 0 Å². The zero-order chi connectivity index (χ0) is 20.9. The summed E-state index contributed by atoms with van der Waals surface area (Å²) >= 11 is 0. The third-order valence-corrected chi connectivity index (χ3v) is 2.97. The lowest BCUT2D eigenvalue weighted by Gasteiger charge is -2.38. The molecule has 1 unspecified atom stereocenters. The van der Waals surface area contributed by atoms with Crippen LogP contribution < -0.4 is 5.32 Å². The van der Waals surface area contributed by atoms with E-state index in [4.69, 9.17) is 14.6 Å². The topological polar surface area (TPSA) is 105 Å². The van der Waals surface area contributed by atoms with Crippen LogP contribution in [-0.2, 0) is 14.3 Å². The molecule has 1 atom stereocenters. The van der Waals surface area contributed by atoms with Crippen molar-refractivity contribution in [2.75, 3.05) is 6.54 Å². The van der Waals surface area contributed by atoms with Gasteiger partial charge in [0.05, 0.1) is 12.5 Å². The van der Waals surface area contributed by atoms with Gasteiger partial charge in [-0.3, -0.25) is 4.79 Å². The molecule has 0 spiro atoms. The van der Waals surface area contributed by atoms with Gasteiger partial charge in [-0.15, -0.1) is 0 Å². The largest absolute Gasteiger partial charge is 0.481 e. The fourth-order valence-electron chi connectivity index (χ4n) is 2.01. The fraction of sp³-hybridized carbons (Fsp3) is 0.833. The van der Waals surface area contributed by atoms with Gasteiger partial charge in [-0.1, -0.05) is 0 Å². The van der Waals surface area contributed by atoms with Gasteiger partial charge in [-0.25, -0.2) is 9.59 Å². The number of carboxylic acids is 1. The molecule has 0 fully saturated rings. The van der Waals surface area contributed by atoms with E-state index in [9.17, 15) is 14.4 Å². The van der Waals surface area contributed by atoms with Gasteiger partial charge < -0.3 is 24.8 Å². The van der Waals surface area contributed by atoms with Crippen molar-refractivity contribution in [2.24, 2.45) is 0 Å². The second kappa shape index (κ2) is 8.60. The summed E-state index contributed by atoms with van der Waals surface area (Å²) in [6.45, 7) is 15.8. The molecular formula is C18H34N2O6. The zero-order valence-electron chi connectivity index (χ0n) is 17.4. The number of nitrogens with zero attached hydrogens (tertiary/aromatic N) is 1. The van der Waals surface area contributed by atoms with Crippen LogP contribution in [0.1, 0.15) is 68.7 Å². The first-order valence-corrected chi connectivity index (χ1v) is 8.62. The Labute approximate surface area is 156 Å². The molecule has 8 heteroatoms. The Balaban J connectivity index is 5.35. The van der Waals surface area contributed by atoms with Crippen LogP contribution in [0.5, 0.6) is 0 Å². The number of hydrogen-bond donors (Lipinski definition) is 2. The van der Waals surface area contributed by atoms with Crippen LogP contribution in [-0.4, -0.2) is 57.5 Å². The molecule has 0 aliphatic heterocycles. The molecule has 0 aromatic carbocycles. The van der Waals surface area contributed by atoms with Crippen molar-refractivity contribution < 1.29 is 29.0 Å². The smallest absolute Gasteiger partial charge is 0.410 e. The van der Waals surface area contributed by atoms with E-state index in [0.29, 0.717) is 0 Å². The van der Waals surface area contributed by atoms with Gasteiger partial charge in [0.1, 0.15) is 11.2 Å². The Morgan fingerprint density at radius 1 is 0.923 bits per heavy atom. The van der Waals surface area contributed by atoms with Gasteiger partial charge in [0.25, 0.3) is 0 Å². The molecule has 2 amide bonds. The van der Waals surface area contributed by atoms with Crippen molar-refractivity contribution in [1.29, 1.82) is 0 Å². The Morgan fingerprint density at radius 2 is 1.38 bits per heavy atom. The van der Waals surface area contributed by atoms with Crippen LogP contribution in [0.2, 0.25) is 0 Å². The molecule has 0 saturated heterocycles. The Hall–Kier alpha value is -1.99. The predicted octanol–water partition coefficient (Wildman–Crippen LogP) is 3.39. The van der Waals surface area contributed by atoms with Gasteiger partial charge in [-0.05, 0) is 62.3 Å². The van der Waals surface area contributed by atoms with Gasteiger partial charge in [0.15, 0.2) is 0 Å². The summed E-state index contributed by atoms with van der Waals surface area (Å²) in [5, 5.41) is 11.7. The number of ether oxygens (including phenoxy) is 2.